The molecule has 2 fully saturated rings. The minimum absolute atomic E-state index is 0.680. The molecule has 0 saturated carbocycles. The first-order valence-electron chi connectivity index (χ1n) is 6.08. The van der Waals surface area contributed by atoms with E-state index in [9.17, 15) is 0 Å². The van der Waals surface area contributed by atoms with Crippen molar-refractivity contribution >= 4 is 0 Å². The van der Waals surface area contributed by atoms with E-state index in [2.05, 4.69) is 30.7 Å². The van der Waals surface area contributed by atoms with Gasteiger partial charge in [-0.25, -0.2) is 0 Å². The third kappa shape index (κ3) is 1.82. The fourth-order valence-corrected chi connectivity index (χ4v) is 3.24. The average molecular weight is 196 g/mol. The van der Waals surface area contributed by atoms with E-state index >= 15 is 0 Å². The molecule has 2 aliphatic heterocycles. The molecule has 2 nitrogen and oxygen atoms in total. The summed E-state index contributed by atoms with van der Waals surface area (Å²) in [4.78, 5) is 5.13. The Labute approximate surface area is 88.3 Å². The molecule has 2 heterocycles. The number of rotatable bonds is 1. The van der Waals surface area contributed by atoms with Gasteiger partial charge in [-0.3, -0.25) is 0 Å². The molecule has 0 amide bonds. The van der Waals surface area contributed by atoms with Gasteiger partial charge in [-0.05, 0) is 58.3 Å². The van der Waals surface area contributed by atoms with Crippen molar-refractivity contribution < 1.29 is 0 Å². The fourth-order valence-electron chi connectivity index (χ4n) is 3.24. The predicted octanol–water partition coefficient (Wildman–Crippen LogP) is 1.81. The minimum atomic E-state index is 0.680. The van der Waals surface area contributed by atoms with Crippen molar-refractivity contribution in [3.63, 3.8) is 0 Å². The van der Waals surface area contributed by atoms with Gasteiger partial charge in [0.2, 0.25) is 0 Å². The molecule has 0 unspecified atom stereocenters. The van der Waals surface area contributed by atoms with Crippen LogP contribution in [-0.2, 0) is 0 Å². The van der Waals surface area contributed by atoms with Gasteiger partial charge in [-0.1, -0.05) is 6.92 Å². The Bertz CT molecular complexity index is 182. The number of piperidine rings is 1. The fraction of sp³-hybridized carbons (Fsp3) is 1.00. The van der Waals surface area contributed by atoms with Crippen molar-refractivity contribution in [3.05, 3.63) is 0 Å². The molecule has 0 radical (unpaired) electrons. The first-order valence-corrected chi connectivity index (χ1v) is 6.08. The van der Waals surface area contributed by atoms with Crippen LogP contribution in [-0.4, -0.2) is 49.1 Å². The number of hydrogen-bond acceptors (Lipinski definition) is 2. The maximum Gasteiger partial charge on any atom is 0.00698 e. The van der Waals surface area contributed by atoms with E-state index < -0.39 is 0 Å². The molecule has 2 saturated heterocycles. The lowest BCUT2D eigenvalue weighted by molar-refractivity contribution is 0.115. The summed E-state index contributed by atoms with van der Waals surface area (Å²) in [6.07, 6.45) is 4.28. The molecule has 0 aromatic carbocycles. The van der Waals surface area contributed by atoms with Gasteiger partial charge in [-0.2, -0.15) is 0 Å². The van der Waals surface area contributed by atoms with E-state index in [1.807, 2.05) is 0 Å². The summed E-state index contributed by atoms with van der Waals surface area (Å²) in [5.74, 6) is 0. The van der Waals surface area contributed by atoms with E-state index in [4.69, 9.17) is 0 Å². The van der Waals surface area contributed by atoms with Crippen LogP contribution in [0.5, 0.6) is 0 Å². The minimum Gasteiger partial charge on any atom is -0.304 e. The Hall–Kier alpha value is -0.0800. The normalized spacial score (nSPS) is 34.1. The van der Waals surface area contributed by atoms with Crippen LogP contribution in [0.25, 0.3) is 0 Å². The second-order valence-corrected chi connectivity index (χ2v) is 5.40. The molecule has 0 N–H and O–H groups in total. The van der Waals surface area contributed by atoms with E-state index in [-0.39, 0.29) is 0 Å². The molecular formula is C12H24N2. The van der Waals surface area contributed by atoms with Crippen molar-refractivity contribution in [2.24, 2.45) is 5.41 Å². The van der Waals surface area contributed by atoms with E-state index in [1.54, 1.807) is 0 Å². The largest absolute Gasteiger partial charge is 0.304 e. The molecule has 2 aliphatic rings. The molecule has 82 valence electrons. The quantitative estimate of drug-likeness (QED) is 0.631. The smallest absolute Gasteiger partial charge is 0.00698 e. The zero-order valence-electron chi connectivity index (χ0n) is 9.92. The van der Waals surface area contributed by atoms with Crippen molar-refractivity contribution in [1.82, 2.24) is 9.80 Å². The lowest BCUT2D eigenvalue weighted by Gasteiger charge is -2.38. The highest BCUT2D eigenvalue weighted by molar-refractivity contribution is 4.96. The van der Waals surface area contributed by atoms with Gasteiger partial charge in [0.1, 0.15) is 0 Å². The summed E-state index contributed by atoms with van der Waals surface area (Å²) in [6, 6.07) is 0.808. The van der Waals surface area contributed by atoms with Crippen molar-refractivity contribution in [3.8, 4) is 0 Å². The summed E-state index contributed by atoms with van der Waals surface area (Å²) in [6.45, 7) is 9.89. The SMILES string of the molecule is CCN1CCC2(CC1)C[C@@H](C)N(C)C2. The van der Waals surface area contributed by atoms with Crippen LogP contribution in [0.1, 0.15) is 33.1 Å². The highest BCUT2D eigenvalue weighted by atomic mass is 15.2. The van der Waals surface area contributed by atoms with Crippen LogP contribution in [0.3, 0.4) is 0 Å². The lowest BCUT2D eigenvalue weighted by Crippen LogP contribution is -2.41. The number of hydrogen-bond donors (Lipinski definition) is 0. The van der Waals surface area contributed by atoms with Crippen molar-refractivity contribution in [1.29, 1.82) is 0 Å². The standard InChI is InChI=1S/C12H24N2/c1-4-14-7-5-12(6-8-14)9-11(2)13(3)10-12/h11H,4-10H2,1-3H3/t11-/m1/s1. The van der Waals surface area contributed by atoms with Gasteiger partial charge < -0.3 is 9.80 Å². The summed E-state index contributed by atoms with van der Waals surface area (Å²) >= 11 is 0. The molecule has 0 bridgehead atoms. The van der Waals surface area contributed by atoms with E-state index in [1.165, 1.54) is 45.4 Å². The molecule has 1 atom stereocenters. The van der Waals surface area contributed by atoms with Crippen LogP contribution in [0.4, 0.5) is 0 Å². The monoisotopic (exact) mass is 196 g/mol. The van der Waals surface area contributed by atoms with Gasteiger partial charge in [-0.15, -0.1) is 0 Å². The molecule has 2 rings (SSSR count). The van der Waals surface area contributed by atoms with Gasteiger partial charge >= 0.3 is 0 Å². The van der Waals surface area contributed by atoms with Crippen LogP contribution < -0.4 is 0 Å². The van der Waals surface area contributed by atoms with Gasteiger partial charge in [0.15, 0.2) is 0 Å². The second kappa shape index (κ2) is 3.82. The number of likely N-dealkylation sites (tertiary alicyclic amines) is 2. The summed E-state index contributed by atoms with van der Waals surface area (Å²) in [7, 11) is 2.28. The van der Waals surface area contributed by atoms with Gasteiger partial charge in [0.25, 0.3) is 0 Å². The van der Waals surface area contributed by atoms with Crippen LogP contribution in [0.2, 0.25) is 0 Å². The van der Waals surface area contributed by atoms with Crippen LogP contribution in [0, 0.1) is 5.41 Å². The molecule has 2 heteroatoms. The third-order valence-electron chi connectivity index (χ3n) is 4.43. The van der Waals surface area contributed by atoms with Crippen molar-refractivity contribution in [2.45, 2.75) is 39.2 Å². The molecule has 0 aromatic heterocycles. The Kier molecular flexibility index (Phi) is 2.85. The highest BCUT2D eigenvalue weighted by Crippen LogP contribution is 2.42. The van der Waals surface area contributed by atoms with E-state index in [0.717, 1.165) is 6.04 Å². The van der Waals surface area contributed by atoms with Crippen LogP contribution in [0.15, 0.2) is 0 Å². The molecule has 0 aromatic rings. The number of nitrogens with zero attached hydrogens (tertiary/aromatic N) is 2. The molecular weight excluding hydrogens is 172 g/mol. The molecule has 14 heavy (non-hydrogen) atoms. The second-order valence-electron chi connectivity index (χ2n) is 5.40. The Balaban J connectivity index is 1.94. The third-order valence-corrected chi connectivity index (χ3v) is 4.43. The Morgan fingerprint density at radius 1 is 1.29 bits per heavy atom. The Morgan fingerprint density at radius 3 is 2.36 bits per heavy atom. The van der Waals surface area contributed by atoms with Crippen molar-refractivity contribution in [2.75, 3.05) is 33.2 Å². The topological polar surface area (TPSA) is 6.48 Å². The lowest BCUT2D eigenvalue weighted by atomic mass is 9.77. The maximum absolute atomic E-state index is 2.59. The summed E-state index contributed by atoms with van der Waals surface area (Å²) in [5.41, 5.74) is 0.680. The van der Waals surface area contributed by atoms with Crippen LogP contribution >= 0.6 is 0 Å². The first-order chi connectivity index (χ1) is 6.65. The van der Waals surface area contributed by atoms with Gasteiger partial charge in [0.05, 0.1) is 0 Å². The zero-order valence-corrected chi connectivity index (χ0v) is 9.92. The molecule has 1 spiro atoms. The summed E-state index contributed by atoms with van der Waals surface area (Å²) in [5, 5.41) is 0. The average Bonchev–Trinajstić information content (AvgIpc) is 2.44. The maximum atomic E-state index is 2.59. The zero-order chi connectivity index (χ0) is 10.2. The predicted molar refractivity (Wildman–Crippen MR) is 60.5 cm³/mol. The summed E-state index contributed by atoms with van der Waals surface area (Å²) < 4.78 is 0. The highest BCUT2D eigenvalue weighted by Gasteiger charge is 2.42. The molecule has 0 aliphatic carbocycles. The Morgan fingerprint density at radius 2 is 1.93 bits per heavy atom. The van der Waals surface area contributed by atoms with Gasteiger partial charge in [0, 0.05) is 12.6 Å². The first kappa shape index (κ1) is 10.4. The van der Waals surface area contributed by atoms with E-state index in [0.29, 0.717) is 5.41 Å².